The van der Waals surface area contributed by atoms with Crippen LogP contribution >= 0.6 is 15.9 Å². The van der Waals surface area contributed by atoms with Crippen LogP contribution in [0.2, 0.25) is 0 Å². The Morgan fingerprint density at radius 3 is 2.76 bits per heavy atom. The highest BCUT2D eigenvalue weighted by molar-refractivity contribution is 9.10. The number of aliphatic carboxylic acids is 1. The zero-order valence-corrected chi connectivity index (χ0v) is 10.6. The number of halogens is 1. The molecule has 0 aliphatic heterocycles. The first kappa shape index (κ1) is 13.4. The molecule has 0 bridgehead atoms. The maximum absolute atomic E-state index is 11.6. The molecule has 1 heterocycles. The van der Waals surface area contributed by atoms with Crippen molar-refractivity contribution in [3.05, 3.63) is 32.7 Å². The second-order valence-electron chi connectivity index (χ2n) is 3.51. The molecule has 6 nitrogen and oxygen atoms in total. The van der Waals surface area contributed by atoms with E-state index in [0.29, 0.717) is 0 Å². The van der Waals surface area contributed by atoms with Crippen LogP contribution in [-0.2, 0) is 4.79 Å². The summed E-state index contributed by atoms with van der Waals surface area (Å²) in [6, 6.07) is 1.37. The Bertz CT molecular complexity index is 497. The van der Waals surface area contributed by atoms with Gasteiger partial charge in [0.25, 0.3) is 11.5 Å². The zero-order chi connectivity index (χ0) is 13.0. The molecule has 1 rings (SSSR count). The van der Waals surface area contributed by atoms with E-state index >= 15 is 0 Å². The standard InChI is InChI=1S/C10H11BrN2O4/c1-5(10(16)17)3-12-8(14)6-2-7(11)9(15)13-4-6/h2,4-5H,3H2,1H3,(H,12,14)(H,13,15)(H,16,17). The van der Waals surface area contributed by atoms with Gasteiger partial charge in [0.2, 0.25) is 0 Å². The normalized spacial score (nSPS) is 11.9. The predicted octanol–water partition coefficient (Wildman–Crippen LogP) is 0.588. The highest BCUT2D eigenvalue weighted by atomic mass is 79.9. The summed E-state index contributed by atoms with van der Waals surface area (Å²) in [4.78, 5) is 35.5. The second-order valence-corrected chi connectivity index (χ2v) is 4.37. The second kappa shape index (κ2) is 5.62. The lowest BCUT2D eigenvalue weighted by atomic mass is 10.2. The van der Waals surface area contributed by atoms with E-state index in [1.807, 2.05) is 0 Å². The lowest BCUT2D eigenvalue weighted by Gasteiger charge is -2.08. The number of H-pyrrole nitrogens is 1. The number of carboxylic acid groups (broad SMARTS) is 1. The molecule has 0 fully saturated rings. The summed E-state index contributed by atoms with van der Waals surface area (Å²) in [6.07, 6.45) is 1.27. The van der Waals surface area contributed by atoms with E-state index < -0.39 is 17.8 Å². The van der Waals surface area contributed by atoms with Crippen molar-refractivity contribution in [3.63, 3.8) is 0 Å². The van der Waals surface area contributed by atoms with Crippen molar-refractivity contribution in [2.45, 2.75) is 6.92 Å². The van der Waals surface area contributed by atoms with E-state index in [0.717, 1.165) is 0 Å². The first-order valence-corrected chi connectivity index (χ1v) is 5.60. The number of rotatable bonds is 4. The number of amides is 1. The lowest BCUT2D eigenvalue weighted by molar-refractivity contribution is -0.140. The van der Waals surface area contributed by atoms with Gasteiger partial charge < -0.3 is 15.4 Å². The molecule has 3 N–H and O–H groups in total. The summed E-state index contributed by atoms with van der Waals surface area (Å²) in [5, 5.41) is 11.1. The van der Waals surface area contributed by atoms with E-state index in [1.54, 1.807) is 0 Å². The summed E-state index contributed by atoms with van der Waals surface area (Å²) < 4.78 is 0.247. The van der Waals surface area contributed by atoms with Crippen molar-refractivity contribution in [2.24, 2.45) is 5.92 Å². The zero-order valence-electron chi connectivity index (χ0n) is 8.99. The fourth-order valence-corrected chi connectivity index (χ4v) is 1.38. The monoisotopic (exact) mass is 302 g/mol. The molecule has 17 heavy (non-hydrogen) atoms. The fraction of sp³-hybridized carbons (Fsp3) is 0.300. The number of carboxylic acids is 1. The van der Waals surface area contributed by atoms with Gasteiger partial charge in [-0.3, -0.25) is 14.4 Å². The topological polar surface area (TPSA) is 99.3 Å². The Morgan fingerprint density at radius 2 is 2.24 bits per heavy atom. The maximum Gasteiger partial charge on any atom is 0.308 e. The first-order valence-electron chi connectivity index (χ1n) is 4.81. The SMILES string of the molecule is CC(CNC(=O)c1c[nH]c(=O)c(Br)c1)C(=O)O. The van der Waals surface area contributed by atoms with Crippen molar-refractivity contribution in [3.8, 4) is 0 Å². The lowest BCUT2D eigenvalue weighted by Crippen LogP contribution is -2.31. The van der Waals surface area contributed by atoms with Crippen LogP contribution in [0.5, 0.6) is 0 Å². The molecule has 1 unspecified atom stereocenters. The Morgan fingerprint density at radius 1 is 1.59 bits per heavy atom. The van der Waals surface area contributed by atoms with Crippen molar-refractivity contribution >= 4 is 27.8 Å². The van der Waals surface area contributed by atoms with Crippen LogP contribution in [0.15, 0.2) is 21.5 Å². The average Bonchev–Trinajstić information content (AvgIpc) is 2.28. The van der Waals surface area contributed by atoms with Gasteiger partial charge in [-0.1, -0.05) is 6.92 Å². The van der Waals surface area contributed by atoms with E-state index in [2.05, 4.69) is 26.2 Å². The van der Waals surface area contributed by atoms with Crippen LogP contribution < -0.4 is 10.9 Å². The third kappa shape index (κ3) is 3.70. The van der Waals surface area contributed by atoms with Gasteiger partial charge in [-0.25, -0.2) is 0 Å². The van der Waals surface area contributed by atoms with Crippen LogP contribution in [0, 0.1) is 5.92 Å². The fourth-order valence-electron chi connectivity index (χ4n) is 1.02. The van der Waals surface area contributed by atoms with Crippen LogP contribution in [0.25, 0.3) is 0 Å². The minimum absolute atomic E-state index is 0.0327. The molecule has 92 valence electrons. The molecule has 0 spiro atoms. The van der Waals surface area contributed by atoms with Gasteiger partial charge in [-0.15, -0.1) is 0 Å². The van der Waals surface area contributed by atoms with Gasteiger partial charge in [0.05, 0.1) is 16.0 Å². The third-order valence-corrected chi connectivity index (χ3v) is 2.70. The van der Waals surface area contributed by atoms with Crippen LogP contribution in [-0.4, -0.2) is 28.5 Å². The third-order valence-electron chi connectivity index (χ3n) is 2.11. The summed E-state index contributed by atoms with van der Waals surface area (Å²) in [6.45, 7) is 1.52. The van der Waals surface area contributed by atoms with Gasteiger partial charge in [0.1, 0.15) is 0 Å². The number of carbonyl (C=O) groups is 2. The molecule has 0 saturated carbocycles. The first-order chi connectivity index (χ1) is 7.91. The molecule has 1 atom stereocenters. The summed E-state index contributed by atoms with van der Waals surface area (Å²) in [5.41, 5.74) is -0.0745. The van der Waals surface area contributed by atoms with Crippen molar-refractivity contribution in [1.29, 1.82) is 0 Å². The van der Waals surface area contributed by atoms with Crippen LogP contribution in [0.3, 0.4) is 0 Å². The van der Waals surface area contributed by atoms with Gasteiger partial charge in [-0.2, -0.15) is 0 Å². The molecular weight excluding hydrogens is 292 g/mol. The summed E-state index contributed by atoms with van der Waals surface area (Å²) >= 11 is 3.00. The van der Waals surface area contributed by atoms with Crippen molar-refractivity contribution in [2.75, 3.05) is 6.54 Å². The minimum atomic E-state index is -0.979. The molecule has 0 saturated heterocycles. The molecule has 0 aliphatic rings. The smallest absolute Gasteiger partial charge is 0.308 e. The Labute approximate surface area is 105 Å². The number of nitrogens with one attached hydrogen (secondary N) is 2. The number of hydrogen-bond donors (Lipinski definition) is 3. The molecule has 7 heteroatoms. The molecule has 0 aromatic carbocycles. The van der Waals surface area contributed by atoms with Crippen LogP contribution in [0.1, 0.15) is 17.3 Å². The number of hydrogen-bond acceptors (Lipinski definition) is 3. The number of pyridine rings is 1. The largest absolute Gasteiger partial charge is 0.481 e. The predicted molar refractivity (Wildman–Crippen MR) is 63.9 cm³/mol. The van der Waals surface area contributed by atoms with E-state index in [1.165, 1.54) is 19.2 Å². The van der Waals surface area contributed by atoms with Gasteiger partial charge in [-0.05, 0) is 22.0 Å². The van der Waals surface area contributed by atoms with E-state index in [-0.39, 0.29) is 22.1 Å². The molecular formula is C10H11BrN2O4. The number of carbonyl (C=O) groups excluding carboxylic acids is 1. The number of aromatic amines is 1. The minimum Gasteiger partial charge on any atom is -0.481 e. The van der Waals surface area contributed by atoms with Gasteiger partial charge >= 0.3 is 5.97 Å². The van der Waals surface area contributed by atoms with Crippen molar-refractivity contribution in [1.82, 2.24) is 10.3 Å². The highest BCUT2D eigenvalue weighted by Crippen LogP contribution is 2.05. The van der Waals surface area contributed by atoms with Gasteiger partial charge in [0, 0.05) is 12.7 Å². The van der Waals surface area contributed by atoms with Crippen LogP contribution in [0.4, 0.5) is 0 Å². The number of aromatic nitrogens is 1. The molecule has 0 aliphatic carbocycles. The Hall–Kier alpha value is -1.63. The average molecular weight is 303 g/mol. The molecule has 1 aromatic heterocycles. The molecule has 1 aromatic rings. The quantitative estimate of drug-likeness (QED) is 0.758. The van der Waals surface area contributed by atoms with Gasteiger partial charge in [0.15, 0.2) is 0 Å². The maximum atomic E-state index is 11.6. The highest BCUT2D eigenvalue weighted by Gasteiger charge is 2.13. The van der Waals surface area contributed by atoms with Crippen molar-refractivity contribution < 1.29 is 14.7 Å². The van der Waals surface area contributed by atoms with E-state index in [4.69, 9.17) is 5.11 Å². The summed E-state index contributed by atoms with van der Waals surface area (Å²) in [5.74, 6) is -2.08. The van der Waals surface area contributed by atoms with E-state index in [9.17, 15) is 14.4 Å². The Balaban J connectivity index is 2.67. The summed E-state index contributed by atoms with van der Waals surface area (Å²) in [7, 11) is 0. The molecule has 1 amide bonds. The molecule has 0 radical (unpaired) electrons. The Kier molecular flexibility index (Phi) is 4.45.